The van der Waals surface area contributed by atoms with Gasteiger partial charge in [-0.1, -0.05) is 0 Å². The van der Waals surface area contributed by atoms with E-state index < -0.39 is 5.97 Å². The monoisotopic (exact) mass is 256 g/mol. The molecule has 7 nitrogen and oxygen atoms in total. The fraction of sp³-hybridized carbons (Fsp3) is 0.167. The quantitative estimate of drug-likeness (QED) is 0.821. The predicted octanol–water partition coefficient (Wildman–Crippen LogP) is 1.38. The summed E-state index contributed by atoms with van der Waals surface area (Å²) in [5.41, 5.74) is 0.860. The maximum absolute atomic E-state index is 10.8. The van der Waals surface area contributed by atoms with Crippen LogP contribution in [0.25, 0.3) is 11.1 Å². The van der Waals surface area contributed by atoms with Crippen LogP contribution in [0.1, 0.15) is 10.4 Å². The van der Waals surface area contributed by atoms with E-state index in [1.54, 1.807) is 0 Å². The number of nitrogens with zero attached hydrogens (tertiary/aromatic N) is 4. The first-order chi connectivity index (χ1) is 9.15. The minimum absolute atomic E-state index is 0.0355. The highest BCUT2D eigenvalue weighted by molar-refractivity contribution is 5.92. The zero-order chi connectivity index (χ0) is 13.8. The summed E-state index contributed by atoms with van der Waals surface area (Å²) < 4.78 is 5.38. The number of aromatic nitrogens is 1. The number of rotatable bonds is 4. The van der Waals surface area contributed by atoms with Crippen LogP contribution in [-0.2, 0) is 0 Å². The van der Waals surface area contributed by atoms with Gasteiger partial charge >= 0.3 is 5.97 Å². The highest BCUT2D eigenvalue weighted by Gasteiger charge is 2.14. The molecule has 0 aliphatic heterocycles. The molecule has 2 aromatic rings. The Morgan fingerprint density at radius 1 is 1.37 bits per heavy atom. The van der Waals surface area contributed by atoms with Crippen LogP contribution < -0.4 is 4.90 Å². The number of nitriles is 2. The molecule has 0 bridgehead atoms. The van der Waals surface area contributed by atoms with E-state index in [-0.39, 0.29) is 24.7 Å². The predicted molar refractivity (Wildman–Crippen MR) is 64.4 cm³/mol. The largest absolute Gasteiger partial charge is 0.478 e. The van der Waals surface area contributed by atoms with E-state index >= 15 is 0 Å². The second-order valence-electron chi connectivity index (χ2n) is 3.66. The Bertz CT molecular complexity index is 692. The Labute approximate surface area is 107 Å². The normalized spacial score (nSPS) is 9.79. The van der Waals surface area contributed by atoms with Gasteiger partial charge in [-0.05, 0) is 18.2 Å². The van der Waals surface area contributed by atoms with Crippen LogP contribution in [0.4, 0.5) is 6.01 Å². The SMILES string of the molecule is N#CCN(CC#N)c1nc2ccc(C(=O)O)cc2o1. The van der Waals surface area contributed by atoms with Gasteiger partial charge in [0.05, 0.1) is 17.7 Å². The first kappa shape index (κ1) is 12.4. The van der Waals surface area contributed by atoms with Crippen LogP contribution in [0, 0.1) is 22.7 Å². The molecule has 0 saturated heterocycles. The van der Waals surface area contributed by atoms with Crippen molar-refractivity contribution in [2.45, 2.75) is 0 Å². The maximum Gasteiger partial charge on any atom is 0.335 e. The second-order valence-corrected chi connectivity index (χ2v) is 3.66. The van der Waals surface area contributed by atoms with Crippen molar-refractivity contribution in [3.8, 4) is 12.1 Å². The molecular formula is C12H8N4O3. The standard InChI is InChI=1S/C12H8N4O3/c13-3-5-16(6-4-14)12-15-9-2-1-8(11(17)18)7-10(9)19-12/h1-2,7H,5-6H2,(H,17,18). The third-order valence-corrected chi connectivity index (χ3v) is 2.42. The number of oxazole rings is 1. The lowest BCUT2D eigenvalue weighted by molar-refractivity contribution is 0.0697. The molecule has 0 radical (unpaired) electrons. The van der Waals surface area contributed by atoms with Crippen LogP contribution in [0.2, 0.25) is 0 Å². The number of hydrogen-bond acceptors (Lipinski definition) is 6. The minimum atomic E-state index is -1.06. The van der Waals surface area contributed by atoms with Crippen LogP contribution in [0.3, 0.4) is 0 Å². The van der Waals surface area contributed by atoms with Crippen molar-refractivity contribution < 1.29 is 14.3 Å². The molecule has 0 saturated carbocycles. The first-order valence-corrected chi connectivity index (χ1v) is 5.28. The summed E-state index contributed by atoms with van der Waals surface area (Å²) in [7, 11) is 0. The number of fused-ring (bicyclic) bond motifs is 1. The van der Waals surface area contributed by atoms with Gasteiger partial charge in [-0.2, -0.15) is 15.5 Å². The van der Waals surface area contributed by atoms with E-state index in [1.807, 2.05) is 12.1 Å². The van der Waals surface area contributed by atoms with Crippen molar-refractivity contribution in [3.63, 3.8) is 0 Å². The Kier molecular flexibility index (Phi) is 3.31. The van der Waals surface area contributed by atoms with Gasteiger partial charge in [-0.15, -0.1) is 0 Å². The van der Waals surface area contributed by atoms with Crippen LogP contribution in [-0.4, -0.2) is 29.1 Å². The topological polar surface area (TPSA) is 114 Å². The minimum Gasteiger partial charge on any atom is -0.478 e. The molecule has 0 amide bonds. The first-order valence-electron chi connectivity index (χ1n) is 5.28. The Hall–Kier alpha value is -3.06. The lowest BCUT2D eigenvalue weighted by atomic mass is 10.2. The molecule has 19 heavy (non-hydrogen) atoms. The number of anilines is 1. The van der Waals surface area contributed by atoms with Gasteiger partial charge in [0.15, 0.2) is 5.58 Å². The van der Waals surface area contributed by atoms with Crippen molar-refractivity contribution in [3.05, 3.63) is 23.8 Å². The van der Waals surface area contributed by atoms with Gasteiger partial charge in [-0.25, -0.2) is 4.79 Å². The fourth-order valence-corrected chi connectivity index (χ4v) is 1.54. The number of hydrogen-bond donors (Lipinski definition) is 1. The van der Waals surface area contributed by atoms with E-state index in [2.05, 4.69) is 4.98 Å². The number of carbonyl (C=O) groups is 1. The van der Waals surface area contributed by atoms with E-state index in [4.69, 9.17) is 20.0 Å². The molecular weight excluding hydrogens is 248 g/mol. The van der Waals surface area contributed by atoms with E-state index in [0.29, 0.717) is 11.1 Å². The van der Waals surface area contributed by atoms with Crippen molar-refractivity contribution in [2.75, 3.05) is 18.0 Å². The van der Waals surface area contributed by atoms with Crippen LogP contribution in [0.5, 0.6) is 0 Å². The maximum atomic E-state index is 10.8. The molecule has 0 unspecified atom stereocenters. The van der Waals surface area contributed by atoms with Gasteiger partial charge < -0.3 is 9.52 Å². The summed E-state index contributed by atoms with van der Waals surface area (Å²) >= 11 is 0. The molecule has 0 aliphatic carbocycles. The van der Waals surface area contributed by atoms with E-state index in [0.717, 1.165) is 0 Å². The lowest BCUT2D eigenvalue weighted by Gasteiger charge is -2.11. The molecule has 0 aliphatic rings. The van der Waals surface area contributed by atoms with Crippen molar-refractivity contribution in [1.29, 1.82) is 10.5 Å². The van der Waals surface area contributed by atoms with Gasteiger partial charge in [0, 0.05) is 0 Å². The number of aromatic carboxylic acids is 1. The Balaban J connectivity index is 2.43. The Morgan fingerprint density at radius 2 is 2.05 bits per heavy atom. The Morgan fingerprint density at radius 3 is 2.63 bits per heavy atom. The van der Waals surface area contributed by atoms with Crippen LogP contribution in [0.15, 0.2) is 22.6 Å². The molecule has 7 heteroatoms. The number of carboxylic acid groups (broad SMARTS) is 1. The summed E-state index contributed by atoms with van der Waals surface area (Å²) in [6.07, 6.45) is 0. The van der Waals surface area contributed by atoms with E-state index in [1.165, 1.54) is 23.1 Å². The summed E-state index contributed by atoms with van der Waals surface area (Å²) in [5.74, 6) is -1.06. The lowest BCUT2D eigenvalue weighted by Crippen LogP contribution is -2.23. The summed E-state index contributed by atoms with van der Waals surface area (Å²) in [4.78, 5) is 16.3. The molecule has 1 heterocycles. The third-order valence-electron chi connectivity index (χ3n) is 2.42. The highest BCUT2D eigenvalue weighted by Crippen LogP contribution is 2.22. The summed E-state index contributed by atoms with van der Waals surface area (Å²) in [6.45, 7) is -0.0711. The molecule has 0 fully saturated rings. The molecule has 0 atom stereocenters. The fourth-order valence-electron chi connectivity index (χ4n) is 1.54. The molecule has 94 valence electrons. The van der Waals surface area contributed by atoms with Gasteiger partial charge in [0.2, 0.25) is 0 Å². The third kappa shape index (κ3) is 2.45. The summed E-state index contributed by atoms with van der Waals surface area (Å²) in [6, 6.07) is 8.22. The number of carboxylic acids is 1. The average Bonchev–Trinajstić information content (AvgIpc) is 2.80. The highest BCUT2D eigenvalue weighted by atomic mass is 16.4. The number of benzene rings is 1. The smallest absolute Gasteiger partial charge is 0.335 e. The van der Waals surface area contributed by atoms with Gasteiger partial charge in [-0.3, -0.25) is 4.90 Å². The molecule has 1 aromatic heterocycles. The summed E-state index contributed by atoms with van der Waals surface area (Å²) in [5, 5.41) is 26.2. The van der Waals surface area contributed by atoms with E-state index in [9.17, 15) is 4.79 Å². The molecule has 2 rings (SSSR count). The molecule has 1 aromatic carbocycles. The van der Waals surface area contributed by atoms with Crippen molar-refractivity contribution in [1.82, 2.24) is 4.98 Å². The molecule has 0 spiro atoms. The van der Waals surface area contributed by atoms with Crippen LogP contribution >= 0.6 is 0 Å². The zero-order valence-corrected chi connectivity index (χ0v) is 9.70. The van der Waals surface area contributed by atoms with Crippen molar-refractivity contribution >= 4 is 23.1 Å². The van der Waals surface area contributed by atoms with Gasteiger partial charge in [0.1, 0.15) is 18.6 Å². The van der Waals surface area contributed by atoms with Gasteiger partial charge in [0.25, 0.3) is 6.01 Å². The average molecular weight is 256 g/mol. The second kappa shape index (κ2) is 5.07. The van der Waals surface area contributed by atoms with Crippen molar-refractivity contribution in [2.24, 2.45) is 0 Å². The zero-order valence-electron chi connectivity index (χ0n) is 9.70. The molecule has 1 N–H and O–H groups in total.